The molecule has 3 nitrogen and oxygen atoms in total. The molecule has 1 N–H and O–H groups in total. The van der Waals surface area contributed by atoms with E-state index in [1.54, 1.807) is 18.2 Å². The van der Waals surface area contributed by atoms with Gasteiger partial charge in [-0.05, 0) is 41.1 Å². The molecule has 0 saturated carbocycles. The summed E-state index contributed by atoms with van der Waals surface area (Å²) in [6, 6.07) is 5.34. The standard InChI is InChI=1S/C9H8BrNO2/c1-6(9(12)13)5-7-3-2-4-8(10)11-7/h2-5H,1H3,(H,12,13)/b6-5+. The Balaban J connectivity index is 2.97. The molecule has 0 atom stereocenters. The summed E-state index contributed by atoms with van der Waals surface area (Å²) in [7, 11) is 0. The minimum atomic E-state index is -0.929. The number of hydrogen-bond acceptors (Lipinski definition) is 2. The fourth-order valence-electron chi connectivity index (χ4n) is 0.788. The van der Waals surface area contributed by atoms with Crippen molar-refractivity contribution in [2.75, 3.05) is 0 Å². The van der Waals surface area contributed by atoms with Crippen LogP contribution >= 0.6 is 15.9 Å². The molecule has 0 saturated heterocycles. The Hall–Kier alpha value is -1.16. The van der Waals surface area contributed by atoms with Gasteiger partial charge >= 0.3 is 5.97 Å². The number of carboxylic acid groups (broad SMARTS) is 1. The highest BCUT2D eigenvalue weighted by Crippen LogP contribution is 2.09. The smallest absolute Gasteiger partial charge is 0.331 e. The number of hydrogen-bond donors (Lipinski definition) is 1. The van der Waals surface area contributed by atoms with E-state index in [1.165, 1.54) is 13.0 Å². The maximum Gasteiger partial charge on any atom is 0.331 e. The third-order valence-corrected chi connectivity index (χ3v) is 1.88. The lowest BCUT2D eigenvalue weighted by Crippen LogP contribution is -1.96. The number of halogens is 1. The molecule has 0 aliphatic rings. The topological polar surface area (TPSA) is 50.2 Å². The lowest BCUT2D eigenvalue weighted by molar-refractivity contribution is -0.132. The molecular formula is C9H8BrNO2. The van der Waals surface area contributed by atoms with Crippen molar-refractivity contribution in [1.29, 1.82) is 0 Å². The quantitative estimate of drug-likeness (QED) is 0.639. The number of nitrogens with zero attached hydrogens (tertiary/aromatic N) is 1. The molecule has 0 unspecified atom stereocenters. The Bertz CT molecular complexity index is 360. The van der Waals surface area contributed by atoms with Crippen molar-refractivity contribution in [3.8, 4) is 0 Å². The summed E-state index contributed by atoms with van der Waals surface area (Å²) < 4.78 is 0.694. The molecule has 0 fully saturated rings. The van der Waals surface area contributed by atoms with Crippen LogP contribution in [0.3, 0.4) is 0 Å². The maximum atomic E-state index is 10.5. The molecule has 1 aromatic heterocycles. The van der Waals surface area contributed by atoms with E-state index in [-0.39, 0.29) is 5.57 Å². The van der Waals surface area contributed by atoms with Crippen LogP contribution in [0.2, 0.25) is 0 Å². The molecule has 0 aliphatic carbocycles. The zero-order chi connectivity index (χ0) is 9.84. The molecule has 0 aromatic carbocycles. The zero-order valence-electron chi connectivity index (χ0n) is 6.99. The van der Waals surface area contributed by atoms with Crippen molar-refractivity contribution in [3.05, 3.63) is 34.1 Å². The van der Waals surface area contributed by atoms with Crippen molar-refractivity contribution in [1.82, 2.24) is 4.98 Å². The van der Waals surface area contributed by atoms with Crippen molar-refractivity contribution >= 4 is 28.0 Å². The zero-order valence-corrected chi connectivity index (χ0v) is 8.58. The first-order valence-electron chi connectivity index (χ1n) is 3.64. The maximum absolute atomic E-state index is 10.5. The number of aliphatic carboxylic acids is 1. The minimum absolute atomic E-state index is 0.269. The summed E-state index contributed by atoms with van der Waals surface area (Å²) in [6.07, 6.45) is 1.52. The molecule has 4 heteroatoms. The molecule has 0 bridgehead atoms. The molecule has 1 aromatic rings. The highest BCUT2D eigenvalue weighted by atomic mass is 79.9. The number of aromatic nitrogens is 1. The predicted molar refractivity (Wildman–Crippen MR) is 53.2 cm³/mol. The van der Waals surface area contributed by atoms with Gasteiger partial charge in [-0.15, -0.1) is 0 Å². The summed E-state index contributed by atoms with van der Waals surface area (Å²) in [4.78, 5) is 14.6. The average Bonchev–Trinajstić information content (AvgIpc) is 2.04. The second-order valence-corrected chi connectivity index (χ2v) is 3.33. The van der Waals surface area contributed by atoms with Gasteiger partial charge in [-0.3, -0.25) is 0 Å². The van der Waals surface area contributed by atoms with Crippen LogP contribution in [-0.2, 0) is 4.79 Å². The number of carbonyl (C=O) groups is 1. The van der Waals surface area contributed by atoms with Crippen molar-refractivity contribution < 1.29 is 9.90 Å². The Labute approximate surface area is 84.2 Å². The van der Waals surface area contributed by atoms with Crippen molar-refractivity contribution in [2.45, 2.75) is 6.92 Å². The van der Waals surface area contributed by atoms with Gasteiger partial charge in [0.2, 0.25) is 0 Å². The predicted octanol–water partition coefficient (Wildman–Crippen LogP) is 2.33. The van der Waals surface area contributed by atoms with Crippen LogP contribution in [0.4, 0.5) is 0 Å². The lowest BCUT2D eigenvalue weighted by Gasteiger charge is -1.95. The summed E-state index contributed by atoms with van der Waals surface area (Å²) in [6.45, 7) is 1.53. The van der Waals surface area contributed by atoms with Gasteiger partial charge in [0, 0.05) is 5.57 Å². The number of rotatable bonds is 2. The van der Waals surface area contributed by atoms with Crippen LogP contribution in [0.1, 0.15) is 12.6 Å². The first-order chi connectivity index (χ1) is 6.09. The van der Waals surface area contributed by atoms with E-state index >= 15 is 0 Å². The van der Waals surface area contributed by atoms with E-state index in [4.69, 9.17) is 5.11 Å². The van der Waals surface area contributed by atoms with E-state index < -0.39 is 5.97 Å². The lowest BCUT2D eigenvalue weighted by atomic mass is 10.2. The first kappa shape index (κ1) is 9.92. The fourth-order valence-corrected chi connectivity index (χ4v) is 1.15. The monoisotopic (exact) mass is 241 g/mol. The molecule has 0 amide bonds. The van der Waals surface area contributed by atoms with E-state index in [9.17, 15) is 4.79 Å². The van der Waals surface area contributed by atoms with Crippen LogP contribution < -0.4 is 0 Å². The third-order valence-electron chi connectivity index (χ3n) is 1.44. The molecule has 1 heterocycles. The molecule has 0 spiro atoms. The molecule has 1 rings (SSSR count). The molecular weight excluding hydrogens is 234 g/mol. The largest absolute Gasteiger partial charge is 0.478 e. The molecule has 68 valence electrons. The van der Waals surface area contributed by atoms with E-state index in [2.05, 4.69) is 20.9 Å². The van der Waals surface area contributed by atoms with E-state index in [1.807, 2.05) is 0 Å². The van der Waals surface area contributed by atoms with Crippen LogP contribution in [0, 0.1) is 0 Å². The van der Waals surface area contributed by atoms with Gasteiger partial charge in [-0.25, -0.2) is 9.78 Å². The summed E-state index contributed by atoms with van der Waals surface area (Å²) >= 11 is 3.20. The SMILES string of the molecule is C/C(=C\c1cccc(Br)n1)C(=O)O. The Morgan fingerprint density at radius 3 is 2.85 bits per heavy atom. The van der Waals surface area contributed by atoms with Gasteiger partial charge in [0.15, 0.2) is 0 Å². The average molecular weight is 242 g/mol. The summed E-state index contributed by atoms with van der Waals surface area (Å²) in [5.74, 6) is -0.929. The summed E-state index contributed by atoms with van der Waals surface area (Å²) in [5.41, 5.74) is 0.903. The molecule has 13 heavy (non-hydrogen) atoms. The van der Waals surface area contributed by atoms with Gasteiger partial charge in [0.05, 0.1) is 5.69 Å². The van der Waals surface area contributed by atoms with Gasteiger partial charge in [0.1, 0.15) is 4.60 Å². The third kappa shape index (κ3) is 2.99. The van der Waals surface area contributed by atoms with Crippen LogP contribution in [-0.4, -0.2) is 16.1 Å². The number of pyridine rings is 1. The minimum Gasteiger partial charge on any atom is -0.478 e. The Morgan fingerprint density at radius 2 is 2.31 bits per heavy atom. The van der Waals surface area contributed by atoms with E-state index in [0.717, 1.165) is 0 Å². The van der Waals surface area contributed by atoms with Gasteiger partial charge in [-0.1, -0.05) is 6.07 Å². The second kappa shape index (κ2) is 4.18. The highest BCUT2D eigenvalue weighted by Gasteiger charge is 2.00. The van der Waals surface area contributed by atoms with E-state index in [0.29, 0.717) is 10.3 Å². The first-order valence-corrected chi connectivity index (χ1v) is 4.43. The summed E-state index contributed by atoms with van der Waals surface area (Å²) in [5, 5.41) is 8.60. The molecule has 0 aliphatic heterocycles. The van der Waals surface area contributed by atoms with Crippen molar-refractivity contribution in [2.24, 2.45) is 0 Å². The van der Waals surface area contributed by atoms with Crippen LogP contribution in [0.25, 0.3) is 6.08 Å². The normalized spacial score (nSPS) is 11.4. The van der Waals surface area contributed by atoms with Gasteiger partial charge in [-0.2, -0.15) is 0 Å². The second-order valence-electron chi connectivity index (χ2n) is 2.52. The fraction of sp³-hybridized carbons (Fsp3) is 0.111. The number of carboxylic acids is 1. The van der Waals surface area contributed by atoms with Gasteiger partial charge < -0.3 is 5.11 Å². The Kier molecular flexibility index (Phi) is 3.19. The van der Waals surface area contributed by atoms with Gasteiger partial charge in [0.25, 0.3) is 0 Å². The van der Waals surface area contributed by atoms with Crippen LogP contribution in [0.5, 0.6) is 0 Å². The van der Waals surface area contributed by atoms with Crippen LogP contribution in [0.15, 0.2) is 28.4 Å². The highest BCUT2D eigenvalue weighted by molar-refractivity contribution is 9.10. The Morgan fingerprint density at radius 1 is 1.62 bits per heavy atom. The molecule has 0 radical (unpaired) electrons. The van der Waals surface area contributed by atoms with Crippen molar-refractivity contribution in [3.63, 3.8) is 0 Å².